The second-order valence-electron chi connectivity index (χ2n) is 1.79. The first-order valence-electron chi connectivity index (χ1n) is 2.72. The molecule has 0 aliphatic rings. The van der Waals surface area contributed by atoms with Crippen LogP contribution in [-0.2, 0) is 6.61 Å². The summed E-state index contributed by atoms with van der Waals surface area (Å²) in [4.78, 5) is 0. The summed E-state index contributed by atoms with van der Waals surface area (Å²) >= 11 is 2.43. The average Bonchev–Trinajstić information content (AvgIpc) is 1.89. The van der Waals surface area contributed by atoms with Gasteiger partial charge in [-0.2, -0.15) is 0 Å². The third-order valence-corrected chi connectivity index (χ3v) is 2.08. The summed E-state index contributed by atoms with van der Waals surface area (Å²) in [5, 5.41) is 8.71. The van der Waals surface area contributed by atoms with Crippen molar-refractivity contribution >= 4 is 20.5 Å². The van der Waals surface area contributed by atoms with E-state index in [-0.39, 0.29) is 6.61 Å². The molecule has 0 spiro atoms. The van der Waals surface area contributed by atoms with Gasteiger partial charge in [0.15, 0.2) is 0 Å². The van der Waals surface area contributed by atoms with Crippen LogP contribution in [0.15, 0.2) is 24.3 Å². The molecule has 1 nitrogen and oxygen atoms in total. The monoisotopic (exact) mass is 188 g/mol. The zero-order valence-corrected chi connectivity index (χ0v) is 6.79. The Morgan fingerprint density at radius 1 is 1.33 bits per heavy atom. The second kappa shape index (κ2) is 3.02. The van der Waals surface area contributed by atoms with Crippen molar-refractivity contribution in [3.05, 3.63) is 29.8 Å². The van der Waals surface area contributed by atoms with Crippen LogP contribution in [0, 0.1) is 0 Å². The van der Waals surface area contributed by atoms with E-state index in [2.05, 4.69) is 16.0 Å². The van der Waals surface area contributed by atoms with E-state index >= 15 is 0 Å². The third kappa shape index (κ3) is 1.55. The van der Waals surface area contributed by atoms with Gasteiger partial charge in [-0.05, 0) is 0 Å². The summed E-state index contributed by atoms with van der Waals surface area (Å²) in [5.41, 5.74) is 0.984. The Hall–Kier alpha value is -0.301. The van der Waals surface area contributed by atoms with Crippen molar-refractivity contribution in [1.29, 1.82) is 0 Å². The molecule has 1 rings (SSSR count). The fourth-order valence-corrected chi connectivity index (χ4v) is 1.13. The van der Waals surface area contributed by atoms with Crippen LogP contribution in [0.2, 0.25) is 0 Å². The van der Waals surface area contributed by atoms with E-state index in [9.17, 15) is 0 Å². The van der Waals surface area contributed by atoms with Crippen LogP contribution >= 0.6 is 0 Å². The van der Waals surface area contributed by atoms with Gasteiger partial charge in [0, 0.05) is 0 Å². The van der Waals surface area contributed by atoms with Gasteiger partial charge >= 0.3 is 62.0 Å². The Morgan fingerprint density at radius 2 is 2.00 bits per heavy atom. The van der Waals surface area contributed by atoms with E-state index < -0.39 is 0 Å². The molecule has 0 saturated heterocycles. The van der Waals surface area contributed by atoms with Gasteiger partial charge in [0.2, 0.25) is 0 Å². The predicted molar refractivity (Wildman–Crippen MR) is 39.1 cm³/mol. The molecular formula is C7H8OSe. The topological polar surface area (TPSA) is 20.2 Å². The van der Waals surface area contributed by atoms with Crippen LogP contribution in [0.4, 0.5) is 0 Å². The summed E-state index contributed by atoms with van der Waals surface area (Å²) < 4.78 is 1.09. The Bertz CT molecular complexity index is 198. The molecule has 0 saturated carbocycles. The molecule has 0 radical (unpaired) electrons. The first-order chi connectivity index (χ1) is 4.34. The normalized spacial score (nSPS) is 9.56. The molecular weight excluding hydrogens is 179 g/mol. The standard InChI is InChI=1S/C7H8OSe/c8-5-6-3-1-2-4-7(6)9/h1-4,8-9H,5H2. The van der Waals surface area contributed by atoms with Crippen LogP contribution in [0.5, 0.6) is 0 Å². The zero-order chi connectivity index (χ0) is 6.69. The Morgan fingerprint density at radius 3 is 2.44 bits per heavy atom. The van der Waals surface area contributed by atoms with Gasteiger partial charge in [0.1, 0.15) is 0 Å². The number of hydrogen-bond donors (Lipinski definition) is 1. The van der Waals surface area contributed by atoms with Crippen molar-refractivity contribution in [2.24, 2.45) is 0 Å². The molecule has 0 bridgehead atoms. The molecule has 0 atom stereocenters. The van der Waals surface area contributed by atoms with Gasteiger partial charge in [0.05, 0.1) is 0 Å². The van der Waals surface area contributed by atoms with Gasteiger partial charge in [-0.25, -0.2) is 0 Å². The zero-order valence-electron chi connectivity index (χ0n) is 4.91. The number of aliphatic hydroxyl groups excluding tert-OH is 1. The summed E-state index contributed by atoms with van der Waals surface area (Å²) in [7, 11) is 0. The van der Waals surface area contributed by atoms with Gasteiger partial charge < -0.3 is 0 Å². The minimum atomic E-state index is 0.130. The maximum atomic E-state index is 8.71. The van der Waals surface area contributed by atoms with Gasteiger partial charge in [-0.1, -0.05) is 0 Å². The first-order valence-corrected chi connectivity index (χ1v) is 3.66. The van der Waals surface area contributed by atoms with Crippen LogP contribution in [-0.4, -0.2) is 21.1 Å². The molecule has 0 fully saturated rings. The number of aliphatic hydroxyl groups is 1. The van der Waals surface area contributed by atoms with E-state index in [0.717, 1.165) is 10.0 Å². The van der Waals surface area contributed by atoms with Crippen LogP contribution < -0.4 is 4.46 Å². The average molecular weight is 187 g/mol. The van der Waals surface area contributed by atoms with Crippen molar-refractivity contribution in [1.82, 2.24) is 0 Å². The number of rotatable bonds is 1. The summed E-state index contributed by atoms with van der Waals surface area (Å²) in [6, 6.07) is 7.74. The Balaban J connectivity index is 3.01. The minimum absolute atomic E-state index is 0.130. The summed E-state index contributed by atoms with van der Waals surface area (Å²) in [5.74, 6) is 0. The van der Waals surface area contributed by atoms with Crippen molar-refractivity contribution in [3.8, 4) is 0 Å². The molecule has 0 aliphatic carbocycles. The van der Waals surface area contributed by atoms with Crippen LogP contribution in [0.3, 0.4) is 0 Å². The molecule has 1 N–H and O–H groups in total. The maximum absolute atomic E-state index is 8.71. The Labute approximate surface area is 62.5 Å². The molecule has 1 aromatic carbocycles. The fourth-order valence-electron chi connectivity index (χ4n) is 0.645. The molecule has 48 valence electrons. The quantitative estimate of drug-likeness (QED) is 0.599. The molecule has 2 heteroatoms. The molecule has 0 aliphatic heterocycles. The molecule has 0 unspecified atom stereocenters. The van der Waals surface area contributed by atoms with E-state index in [1.165, 1.54) is 0 Å². The molecule has 9 heavy (non-hydrogen) atoms. The van der Waals surface area contributed by atoms with E-state index in [4.69, 9.17) is 5.11 Å². The summed E-state index contributed by atoms with van der Waals surface area (Å²) in [6.45, 7) is 0.130. The SMILES string of the molecule is OCc1ccccc1[SeH]. The van der Waals surface area contributed by atoms with Gasteiger partial charge in [0.25, 0.3) is 0 Å². The summed E-state index contributed by atoms with van der Waals surface area (Å²) in [6.07, 6.45) is 0. The Kier molecular flexibility index (Phi) is 2.29. The van der Waals surface area contributed by atoms with E-state index in [1.807, 2.05) is 24.3 Å². The first kappa shape index (κ1) is 6.81. The van der Waals surface area contributed by atoms with Crippen molar-refractivity contribution in [2.75, 3.05) is 0 Å². The van der Waals surface area contributed by atoms with E-state index in [0.29, 0.717) is 0 Å². The molecule has 1 aromatic rings. The van der Waals surface area contributed by atoms with Gasteiger partial charge in [-0.3, -0.25) is 0 Å². The third-order valence-electron chi connectivity index (χ3n) is 1.16. The fraction of sp³-hybridized carbons (Fsp3) is 0.143. The van der Waals surface area contributed by atoms with Gasteiger partial charge in [-0.15, -0.1) is 0 Å². The number of hydrogen-bond acceptors (Lipinski definition) is 1. The predicted octanol–water partition coefficient (Wildman–Crippen LogP) is -0.295. The second-order valence-corrected chi connectivity index (χ2v) is 2.80. The van der Waals surface area contributed by atoms with E-state index in [1.54, 1.807) is 0 Å². The van der Waals surface area contributed by atoms with Crippen molar-refractivity contribution in [2.45, 2.75) is 6.61 Å². The van der Waals surface area contributed by atoms with Crippen LogP contribution in [0.25, 0.3) is 0 Å². The van der Waals surface area contributed by atoms with Crippen LogP contribution in [0.1, 0.15) is 5.56 Å². The molecule has 0 heterocycles. The number of benzene rings is 1. The molecule has 0 aromatic heterocycles. The van der Waals surface area contributed by atoms with Crippen molar-refractivity contribution in [3.63, 3.8) is 0 Å². The van der Waals surface area contributed by atoms with Crippen molar-refractivity contribution < 1.29 is 5.11 Å². The molecule has 0 amide bonds.